The molecule has 186 valence electrons. The highest BCUT2D eigenvalue weighted by atomic mass is 19.3. The molecule has 5 heterocycles. The Bertz CT molecular complexity index is 1280. The molecule has 1 aromatic carbocycles. The molecule has 0 radical (unpaired) electrons. The minimum Gasteiger partial charge on any atom is -0.395 e. The smallest absolute Gasteiger partial charge is 0.395 e. The van der Waals surface area contributed by atoms with E-state index in [-0.39, 0.29) is 11.5 Å². The van der Waals surface area contributed by atoms with Crippen LogP contribution in [0.1, 0.15) is 46.6 Å². The van der Waals surface area contributed by atoms with E-state index in [2.05, 4.69) is 36.1 Å². The molecule has 1 fully saturated rings. The van der Waals surface area contributed by atoms with E-state index in [1.165, 1.54) is 6.07 Å². The van der Waals surface area contributed by atoms with Crippen molar-refractivity contribution in [3.05, 3.63) is 49.1 Å². The maximum atomic E-state index is 13.4. The van der Waals surface area contributed by atoms with E-state index in [0.717, 1.165) is 53.6 Å². The molecule has 4 aromatic rings. The minimum absolute atomic E-state index is 0.0178. The Morgan fingerprint density at radius 2 is 1.69 bits per heavy atom. The van der Waals surface area contributed by atoms with E-state index in [9.17, 15) is 8.78 Å². The van der Waals surface area contributed by atoms with Crippen molar-refractivity contribution < 1.29 is 18.3 Å². The van der Waals surface area contributed by atoms with Gasteiger partial charge in [-0.15, -0.1) is 8.78 Å². The van der Waals surface area contributed by atoms with Gasteiger partial charge in [-0.05, 0) is 49.7 Å². The Balaban J connectivity index is 0.000000689. The first-order valence-electron chi connectivity index (χ1n) is 12.2. The first kappa shape index (κ1) is 24.7. The number of hydrogen-bond acceptors (Lipinski definition) is 5. The van der Waals surface area contributed by atoms with E-state index in [1.54, 1.807) is 12.1 Å². The van der Waals surface area contributed by atoms with E-state index in [0.29, 0.717) is 11.7 Å². The second-order valence-electron chi connectivity index (χ2n) is 7.84. The number of H-pyrrole nitrogens is 1. The predicted octanol–water partition coefficient (Wildman–Crippen LogP) is 6.39. The van der Waals surface area contributed by atoms with Crippen LogP contribution >= 0.6 is 0 Å². The highest BCUT2D eigenvalue weighted by Crippen LogP contribution is 2.44. The van der Waals surface area contributed by atoms with Gasteiger partial charge in [-0.3, -0.25) is 4.68 Å². The van der Waals surface area contributed by atoms with Crippen LogP contribution in [0, 0.1) is 0 Å². The van der Waals surface area contributed by atoms with Crippen LogP contribution < -0.4 is 14.8 Å². The molecule has 3 aromatic heterocycles. The summed E-state index contributed by atoms with van der Waals surface area (Å²) in [6.07, 6.45) is 6.04. The first-order chi connectivity index (χ1) is 17.1. The number of hydrogen-bond donors (Lipinski definition) is 2. The first-order valence-corrected chi connectivity index (χ1v) is 12.2. The van der Waals surface area contributed by atoms with Crippen molar-refractivity contribution in [2.45, 2.75) is 52.9 Å². The lowest BCUT2D eigenvalue weighted by Gasteiger charge is -2.22. The van der Waals surface area contributed by atoms with Gasteiger partial charge in [0.1, 0.15) is 5.65 Å². The number of fused-ring (bicyclic) bond motifs is 2. The van der Waals surface area contributed by atoms with E-state index in [4.69, 9.17) is 0 Å². The molecule has 1 saturated heterocycles. The van der Waals surface area contributed by atoms with Crippen LogP contribution in [0.2, 0.25) is 0 Å². The molecule has 2 aliphatic heterocycles. The molecule has 0 unspecified atom stereocenters. The molecule has 0 bridgehead atoms. The number of alkyl halides is 2. The molecule has 2 aliphatic rings. The molecule has 35 heavy (non-hydrogen) atoms. The summed E-state index contributed by atoms with van der Waals surface area (Å²) in [6.45, 7) is 10.0. The van der Waals surface area contributed by atoms with E-state index in [1.807, 2.05) is 57.0 Å². The molecule has 0 saturated carbocycles. The fourth-order valence-corrected chi connectivity index (χ4v) is 4.27. The third-order valence-electron chi connectivity index (χ3n) is 5.86. The van der Waals surface area contributed by atoms with E-state index < -0.39 is 6.29 Å². The van der Waals surface area contributed by atoms with Gasteiger partial charge in [0.25, 0.3) is 0 Å². The number of halogens is 2. The molecule has 7 nitrogen and oxygen atoms in total. The third kappa shape index (κ3) is 5.00. The maximum absolute atomic E-state index is 13.4. The largest absolute Gasteiger partial charge is 0.586 e. The van der Waals surface area contributed by atoms with Crippen LogP contribution in [0.5, 0.6) is 11.5 Å². The minimum atomic E-state index is -3.63. The van der Waals surface area contributed by atoms with Crippen LogP contribution in [-0.4, -0.2) is 39.1 Å². The van der Waals surface area contributed by atoms with Gasteiger partial charge in [-0.25, -0.2) is 4.98 Å². The quantitative estimate of drug-likeness (QED) is 0.353. The van der Waals surface area contributed by atoms with Crippen molar-refractivity contribution in [2.75, 3.05) is 13.1 Å². The van der Waals surface area contributed by atoms with Gasteiger partial charge in [0.05, 0.1) is 12.2 Å². The fraction of sp³-hybridized carbons (Fsp3) is 0.385. The second kappa shape index (κ2) is 10.4. The van der Waals surface area contributed by atoms with Crippen molar-refractivity contribution in [3.63, 3.8) is 0 Å². The van der Waals surface area contributed by atoms with Crippen LogP contribution in [-0.2, 0) is 0 Å². The predicted molar refractivity (Wildman–Crippen MR) is 133 cm³/mol. The Kier molecular flexibility index (Phi) is 7.35. The normalized spacial score (nSPS) is 16.3. The lowest BCUT2D eigenvalue weighted by Crippen LogP contribution is -2.29. The number of benzene rings is 1. The van der Waals surface area contributed by atoms with E-state index >= 15 is 0 Å². The van der Waals surface area contributed by atoms with Crippen LogP contribution in [0.15, 0.2) is 49.1 Å². The Hall–Kier alpha value is -3.46. The maximum Gasteiger partial charge on any atom is 0.586 e. The molecular formula is C26H31F2N5O2. The van der Waals surface area contributed by atoms with Crippen LogP contribution in [0.25, 0.3) is 33.3 Å². The molecule has 9 heteroatoms. The Morgan fingerprint density at radius 1 is 0.943 bits per heavy atom. The number of ether oxygens (including phenoxy) is 2. The van der Waals surface area contributed by atoms with Gasteiger partial charge >= 0.3 is 6.29 Å². The molecule has 0 spiro atoms. The number of aromatic nitrogens is 4. The number of nitrogens with one attached hydrogen (secondary N) is 2. The molecule has 6 rings (SSSR count). The Morgan fingerprint density at radius 3 is 2.46 bits per heavy atom. The number of rotatable bonds is 3. The number of piperidine rings is 1. The zero-order valence-corrected chi connectivity index (χ0v) is 20.4. The van der Waals surface area contributed by atoms with Crippen LogP contribution in [0.4, 0.5) is 8.78 Å². The van der Waals surface area contributed by atoms with Crippen molar-refractivity contribution >= 4 is 11.0 Å². The molecule has 2 N–H and O–H groups in total. The van der Waals surface area contributed by atoms with Gasteiger partial charge in [0.15, 0.2) is 11.5 Å². The zero-order chi connectivity index (χ0) is 25.0. The monoisotopic (exact) mass is 483 g/mol. The van der Waals surface area contributed by atoms with Gasteiger partial charge in [0, 0.05) is 40.7 Å². The molecule has 0 atom stereocenters. The lowest BCUT2D eigenvalue weighted by atomic mass is 10.0. The fourth-order valence-electron chi connectivity index (χ4n) is 4.27. The second-order valence-corrected chi connectivity index (χ2v) is 7.84. The highest BCUT2D eigenvalue weighted by Gasteiger charge is 2.43. The topological polar surface area (TPSA) is 77.0 Å². The van der Waals surface area contributed by atoms with Gasteiger partial charge in [-0.1, -0.05) is 33.8 Å². The number of nitrogens with zero attached hydrogens (tertiary/aromatic N) is 3. The average molecular weight is 484 g/mol. The van der Waals surface area contributed by atoms with Crippen LogP contribution in [0.3, 0.4) is 0 Å². The third-order valence-corrected chi connectivity index (χ3v) is 5.86. The summed E-state index contributed by atoms with van der Waals surface area (Å²) in [5.41, 5.74) is 4.23. The molecule has 0 amide bonds. The summed E-state index contributed by atoms with van der Waals surface area (Å²) in [5.74, 6) is 0.0435. The van der Waals surface area contributed by atoms with Gasteiger partial charge in [-0.2, -0.15) is 5.10 Å². The SMILES string of the molecule is CC.CC.FC1(F)Oc2ccc(-c3c[nH]c4ncc(-c5cnn(C6CCNCC6)c5)cc34)cc2O1. The molecular weight excluding hydrogens is 452 g/mol. The van der Waals surface area contributed by atoms with Crippen molar-refractivity contribution in [1.82, 2.24) is 25.1 Å². The summed E-state index contributed by atoms with van der Waals surface area (Å²) in [4.78, 5) is 7.69. The summed E-state index contributed by atoms with van der Waals surface area (Å²) >= 11 is 0. The summed E-state index contributed by atoms with van der Waals surface area (Å²) < 4.78 is 37.9. The summed E-state index contributed by atoms with van der Waals surface area (Å²) in [7, 11) is 0. The van der Waals surface area contributed by atoms with Crippen molar-refractivity contribution in [1.29, 1.82) is 0 Å². The van der Waals surface area contributed by atoms with Crippen molar-refractivity contribution in [3.8, 4) is 33.8 Å². The lowest BCUT2D eigenvalue weighted by molar-refractivity contribution is -0.286. The average Bonchev–Trinajstić information content (AvgIpc) is 3.62. The zero-order valence-electron chi connectivity index (χ0n) is 20.4. The highest BCUT2D eigenvalue weighted by molar-refractivity contribution is 5.96. The molecule has 0 aliphatic carbocycles. The Labute approximate surface area is 203 Å². The number of aromatic amines is 1. The standard InChI is InChI=1S/C22H19F2N5O2.2C2H6/c23-22(24)30-19-2-1-13(8-20(19)31-22)18-11-27-21-17(18)7-14(9-26-21)15-10-28-29(12-15)16-3-5-25-6-4-16;2*1-2/h1-2,7-12,16,25H,3-6H2,(H,26,27);2*1-2H3. The summed E-state index contributed by atoms with van der Waals surface area (Å²) in [5, 5.41) is 8.83. The van der Waals surface area contributed by atoms with Gasteiger partial charge < -0.3 is 19.8 Å². The van der Waals surface area contributed by atoms with Gasteiger partial charge in [0.2, 0.25) is 0 Å². The summed E-state index contributed by atoms with van der Waals surface area (Å²) in [6, 6.07) is 7.22. The number of pyridine rings is 1. The van der Waals surface area contributed by atoms with Crippen molar-refractivity contribution in [2.24, 2.45) is 0 Å².